The maximum Gasteiger partial charge on any atom is 0.251 e. The zero-order chi connectivity index (χ0) is 11.9. The molecule has 1 aromatic carbocycles. The van der Waals surface area contributed by atoms with Crippen molar-refractivity contribution in [2.45, 2.75) is 6.42 Å². The zero-order valence-electron chi connectivity index (χ0n) is 9.47. The molecule has 0 saturated carbocycles. The Morgan fingerprint density at radius 2 is 2.12 bits per heavy atom. The maximum atomic E-state index is 11.8. The summed E-state index contributed by atoms with van der Waals surface area (Å²) in [5.74, 6) is -0.0448. The summed E-state index contributed by atoms with van der Waals surface area (Å²) in [4.78, 5) is 15.8. The molecule has 1 aliphatic rings. The topological polar surface area (TPSA) is 41.5 Å². The summed E-state index contributed by atoms with van der Waals surface area (Å²) in [5, 5.41) is 2.89. The van der Waals surface area contributed by atoms with Crippen LogP contribution >= 0.6 is 0 Å². The van der Waals surface area contributed by atoms with E-state index in [-0.39, 0.29) is 5.91 Å². The fourth-order valence-electron chi connectivity index (χ4n) is 1.54. The highest BCUT2D eigenvalue weighted by molar-refractivity contribution is 5.94. The molecule has 0 unspecified atom stereocenters. The highest BCUT2D eigenvalue weighted by Gasteiger charge is 2.04. The lowest BCUT2D eigenvalue weighted by Gasteiger charge is -2.06. The molecule has 0 saturated heterocycles. The number of nitrogens with zero attached hydrogens (tertiary/aromatic N) is 1. The number of allylic oxidation sites excluding steroid dienone is 2. The molecule has 0 aliphatic carbocycles. The Balaban J connectivity index is 1.91. The summed E-state index contributed by atoms with van der Waals surface area (Å²) in [5.41, 5.74) is 1.83. The number of hydrogen-bond acceptors (Lipinski definition) is 2. The summed E-state index contributed by atoms with van der Waals surface area (Å²) in [6.07, 6.45) is 8.23. The van der Waals surface area contributed by atoms with Crippen LogP contribution in [-0.2, 0) is 0 Å². The van der Waals surface area contributed by atoms with Crippen LogP contribution in [0.5, 0.6) is 0 Å². The fourth-order valence-corrected chi connectivity index (χ4v) is 1.54. The SMILES string of the molecule is O=C(NCC1=CC=CN=CC1)c1ccccc1. The molecule has 1 aliphatic heterocycles. The van der Waals surface area contributed by atoms with Crippen molar-refractivity contribution in [3.05, 3.63) is 59.8 Å². The van der Waals surface area contributed by atoms with Crippen LogP contribution < -0.4 is 5.32 Å². The summed E-state index contributed by atoms with van der Waals surface area (Å²) in [6.45, 7) is 0.560. The van der Waals surface area contributed by atoms with Gasteiger partial charge in [-0.1, -0.05) is 24.3 Å². The smallest absolute Gasteiger partial charge is 0.251 e. The van der Waals surface area contributed by atoms with Gasteiger partial charge in [-0.3, -0.25) is 9.79 Å². The van der Waals surface area contributed by atoms with Gasteiger partial charge < -0.3 is 5.32 Å². The first-order chi connectivity index (χ1) is 8.36. The van der Waals surface area contributed by atoms with Gasteiger partial charge in [-0.15, -0.1) is 0 Å². The first kappa shape index (κ1) is 11.3. The molecule has 1 heterocycles. The summed E-state index contributed by atoms with van der Waals surface area (Å²) in [6, 6.07) is 9.21. The summed E-state index contributed by atoms with van der Waals surface area (Å²) in [7, 11) is 0. The third kappa shape index (κ3) is 3.41. The average Bonchev–Trinajstić information content (AvgIpc) is 2.65. The number of carbonyl (C=O) groups is 1. The van der Waals surface area contributed by atoms with Crippen molar-refractivity contribution in [2.75, 3.05) is 6.54 Å². The lowest BCUT2D eigenvalue weighted by Crippen LogP contribution is -2.25. The van der Waals surface area contributed by atoms with Gasteiger partial charge in [-0.2, -0.15) is 0 Å². The first-order valence-corrected chi connectivity index (χ1v) is 5.56. The number of amides is 1. The van der Waals surface area contributed by atoms with Gasteiger partial charge in [0.25, 0.3) is 5.91 Å². The Bertz CT molecular complexity index is 472. The van der Waals surface area contributed by atoms with Crippen LogP contribution in [-0.4, -0.2) is 18.7 Å². The minimum Gasteiger partial charge on any atom is -0.348 e. The van der Waals surface area contributed by atoms with Crippen molar-refractivity contribution in [2.24, 2.45) is 4.99 Å². The standard InChI is InChI=1S/C14H14N2O/c17-14(13-6-2-1-3-7-13)16-11-12-5-4-9-15-10-8-12/h1-7,9-10H,8,11H2,(H,16,17). The number of hydrogen-bond donors (Lipinski definition) is 1. The molecule has 0 atom stereocenters. The minimum absolute atomic E-state index is 0.0448. The molecule has 0 spiro atoms. The van der Waals surface area contributed by atoms with Gasteiger partial charge in [0.1, 0.15) is 0 Å². The molecule has 0 aromatic heterocycles. The average molecular weight is 226 g/mol. The second-order valence-electron chi connectivity index (χ2n) is 3.75. The van der Waals surface area contributed by atoms with Crippen molar-refractivity contribution >= 4 is 12.1 Å². The third-order valence-corrected chi connectivity index (χ3v) is 2.47. The Labute approximate surface area is 101 Å². The number of carbonyl (C=O) groups excluding carboxylic acids is 1. The number of rotatable bonds is 3. The Hall–Kier alpha value is -2.16. The maximum absolute atomic E-state index is 11.8. The van der Waals surface area contributed by atoms with Gasteiger partial charge in [-0.25, -0.2) is 0 Å². The summed E-state index contributed by atoms with van der Waals surface area (Å²) >= 11 is 0. The molecule has 17 heavy (non-hydrogen) atoms. The van der Waals surface area contributed by atoms with Crippen LogP contribution in [0.2, 0.25) is 0 Å². The first-order valence-electron chi connectivity index (χ1n) is 5.56. The van der Waals surface area contributed by atoms with Gasteiger partial charge in [0.2, 0.25) is 0 Å². The van der Waals surface area contributed by atoms with Gasteiger partial charge in [-0.05, 0) is 23.8 Å². The number of benzene rings is 1. The number of aliphatic imine (C=N–C) groups is 1. The lowest BCUT2D eigenvalue weighted by atomic mass is 10.1. The van der Waals surface area contributed by atoms with Gasteiger partial charge in [0.05, 0.1) is 0 Å². The van der Waals surface area contributed by atoms with Crippen molar-refractivity contribution in [3.8, 4) is 0 Å². The van der Waals surface area contributed by atoms with Crippen molar-refractivity contribution < 1.29 is 4.79 Å². The molecule has 3 heteroatoms. The monoisotopic (exact) mass is 226 g/mol. The van der Waals surface area contributed by atoms with Gasteiger partial charge in [0, 0.05) is 30.9 Å². The Kier molecular flexibility index (Phi) is 3.86. The largest absolute Gasteiger partial charge is 0.348 e. The van der Waals surface area contributed by atoms with Crippen LogP contribution in [0.25, 0.3) is 0 Å². The molecule has 2 rings (SSSR count). The molecular weight excluding hydrogens is 212 g/mol. The van der Waals surface area contributed by atoms with Crippen LogP contribution in [0, 0.1) is 0 Å². The Morgan fingerprint density at radius 1 is 1.29 bits per heavy atom. The van der Waals surface area contributed by atoms with E-state index in [1.807, 2.05) is 36.6 Å². The third-order valence-electron chi connectivity index (χ3n) is 2.47. The van der Waals surface area contributed by atoms with E-state index in [1.54, 1.807) is 18.3 Å². The molecule has 0 fully saturated rings. The van der Waals surface area contributed by atoms with Crippen molar-refractivity contribution in [1.29, 1.82) is 0 Å². The fraction of sp³-hybridized carbons (Fsp3) is 0.143. The molecule has 1 aromatic rings. The predicted molar refractivity (Wildman–Crippen MR) is 69.1 cm³/mol. The van der Waals surface area contributed by atoms with E-state index in [9.17, 15) is 4.79 Å². The molecule has 1 N–H and O–H groups in total. The van der Waals surface area contributed by atoms with Crippen molar-refractivity contribution in [1.82, 2.24) is 5.32 Å². The van der Waals surface area contributed by atoms with Crippen LogP contribution in [0.4, 0.5) is 0 Å². The van der Waals surface area contributed by atoms with Crippen LogP contribution in [0.1, 0.15) is 16.8 Å². The van der Waals surface area contributed by atoms with E-state index in [1.165, 1.54) is 0 Å². The molecular formula is C14H14N2O. The lowest BCUT2D eigenvalue weighted by molar-refractivity contribution is 0.0957. The zero-order valence-corrected chi connectivity index (χ0v) is 9.47. The van der Waals surface area contributed by atoms with E-state index in [2.05, 4.69) is 10.3 Å². The van der Waals surface area contributed by atoms with E-state index < -0.39 is 0 Å². The molecule has 1 amide bonds. The van der Waals surface area contributed by atoms with Crippen LogP contribution in [0.3, 0.4) is 0 Å². The van der Waals surface area contributed by atoms with Crippen LogP contribution in [0.15, 0.2) is 59.2 Å². The van der Waals surface area contributed by atoms with Gasteiger partial charge >= 0.3 is 0 Å². The highest BCUT2D eigenvalue weighted by Crippen LogP contribution is 2.03. The number of nitrogens with one attached hydrogen (secondary N) is 1. The summed E-state index contributed by atoms with van der Waals surface area (Å²) < 4.78 is 0. The van der Waals surface area contributed by atoms with E-state index in [4.69, 9.17) is 0 Å². The van der Waals surface area contributed by atoms with Gasteiger partial charge in [0.15, 0.2) is 0 Å². The normalized spacial score (nSPS) is 14.0. The molecule has 0 radical (unpaired) electrons. The second kappa shape index (κ2) is 5.80. The molecule has 0 bridgehead atoms. The van der Waals surface area contributed by atoms with E-state index >= 15 is 0 Å². The van der Waals surface area contributed by atoms with E-state index in [0.717, 1.165) is 12.0 Å². The minimum atomic E-state index is -0.0448. The molecule has 3 nitrogen and oxygen atoms in total. The van der Waals surface area contributed by atoms with E-state index in [0.29, 0.717) is 12.1 Å². The van der Waals surface area contributed by atoms with Crippen molar-refractivity contribution in [3.63, 3.8) is 0 Å². The quantitative estimate of drug-likeness (QED) is 0.844. The predicted octanol–water partition coefficient (Wildman–Crippen LogP) is 2.33. The molecule has 86 valence electrons. The Morgan fingerprint density at radius 3 is 2.94 bits per heavy atom. The second-order valence-corrected chi connectivity index (χ2v) is 3.75. The highest BCUT2D eigenvalue weighted by atomic mass is 16.1.